The third-order valence-electron chi connectivity index (χ3n) is 6.59. The molecule has 0 spiro atoms. The maximum Gasteiger partial charge on any atom is 0.405 e. The maximum atomic E-state index is 12.5. The standard InChI is InChI=1S/C22H35N7O6/c1-15-14-28(11-8-22(15,2)16-5-3-6-17(30)13-16)12-10-24-19(31)18(26-21(32)33)7-4-9-25-20(23)27-29(34)35/h3,5-6,13,15,18,26,30H,4,7-12,14H2,1-2H3,(H,24,31)(H,32,33)(H3,23,25,27). The Balaban J connectivity index is 1.78. The first-order chi connectivity index (χ1) is 16.5. The van der Waals surface area contributed by atoms with Crippen LogP contribution in [0.1, 0.15) is 38.7 Å². The Labute approximate surface area is 203 Å². The smallest absolute Gasteiger partial charge is 0.405 e. The fourth-order valence-corrected chi connectivity index (χ4v) is 4.34. The molecule has 2 rings (SSSR count). The molecule has 13 heteroatoms. The van der Waals surface area contributed by atoms with Crippen molar-refractivity contribution < 1.29 is 24.8 Å². The maximum absolute atomic E-state index is 12.5. The molecule has 1 fully saturated rings. The number of nitrogens with zero attached hydrogens (tertiary/aromatic N) is 2. The van der Waals surface area contributed by atoms with E-state index in [1.54, 1.807) is 11.5 Å². The molecule has 13 nitrogen and oxygen atoms in total. The van der Waals surface area contributed by atoms with Gasteiger partial charge in [-0.2, -0.15) is 0 Å². The lowest BCUT2D eigenvalue weighted by atomic mass is 9.68. The molecule has 35 heavy (non-hydrogen) atoms. The zero-order valence-electron chi connectivity index (χ0n) is 20.0. The van der Waals surface area contributed by atoms with Crippen molar-refractivity contribution in [2.75, 3.05) is 32.7 Å². The number of carboxylic acid groups (broad SMARTS) is 1. The van der Waals surface area contributed by atoms with Crippen molar-refractivity contribution in [1.82, 2.24) is 26.3 Å². The molecule has 3 unspecified atom stereocenters. The van der Waals surface area contributed by atoms with E-state index in [1.807, 2.05) is 18.2 Å². The Morgan fingerprint density at radius 3 is 2.71 bits per heavy atom. The summed E-state index contributed by atoms with van der Waals surface area (Å²) in [6, 6.07) is 6.41. The average molecular weight is 494 g/mol. The minimum Gasteiger partial charge on any atom is -0.508 e. The average Bonchev–Trinajstić information content (AvgIpc) is 2.77. The van der Waals surface area contributed by atoms with E-state index in [0.717, 1.165) is 25.1 Å². The monoisotopic (exact) mass is 493 g/mol. The fraction of sp³-hybridized carbons (Fsp3) is 0.591. The number of carbonyl (C=O) groups is 2. The SMILES string of the molecule is CC1CN(CCNC(=O)C(CCCNC(=N)N[N+](=O)[O-])NC(=O)O)CCC1(C)c1cccc(O)c1. The van der Waals surface area contributed by atoms with Gasteiger partial charge in [0.15, 0.2) is 5.03 Å². The molecule has 194 valence electrons. The summed E-state index contributed by atoms with van der Waals surface area (Å²) in [5, 5.41) is 43.1. The molecule has 1 aromatic carbocycles. The van der Waals surface area contributed by atoms with Gasteiger partial charge in [0.2, 0.25) is 5.91 Å². The lowest BCUT2D eigenvalue weighted by Crippen LogP contribution is -2.51. The predicted octanol–water partition coefficient (Wildman–Crippen LogP) is 0.830. The third kappa shape index (κ3) is 8.59. The highest BCUT2D eigenvalue weighted by Crippen LogP contribution is 2.40. The second-order valence-corrected chi connectivity index (χ2v) is 9.03. The Hall–Kier alpha value is -3.61. The molecule has 1 saturated heterocycles. The van der Waals surface area contributed by atoms with Crippen molar-refractivity contribution in [3.8, 4) is 5.75 Å². The molecule has 1 aromatic rings. The minimum absolute atomic E-state index is 0.0610. The second-order valence-electron chi connectivity index (χ2n) is 9.03. The number of aromatic hydroxyl groups is 1. The first kappa shape index (κ1) is 27.6. The lowest BCUT2D eigenvalue weighted by molar-refractivity contribution is -0.525. The first-order valence-electron chi connectivity index (χ1n) is 11.5. The predicted molar refractivity (Wildman–Crippen MR) is 129 cm³/mol. The van der Waals surface area contributed by atoms with Crippen LogP contribution in [0.25, 0.3) is 0 Å². The Morgan fingerprint density at radius 1 is 1.34 bits per heavy atom. The number of phenols is 1. The van der Waals surface area contributed by atoms with Crippen LogP contribution in [0, 0.1) is 21.4 Å². The summed E-state index contributed by atoms with van der Waals surface area (Å²) in [6.07, 6.45) is 0.0660. The van der Waals surface area contributed by atoms with Gasteiger partial charge in [0.1, 0.15) is 11.8 Å². The van der Waals surface area contributed by atoms with Gasteiger partial charge in [0, 0.05) is 26.2 Å². The molecule has 1 heterocycles. The van der Waals surface area contributed by atoms with Gasteiger partial charge in [-0.15, -0.1) is 0 Å². The number of hydrogen-bond acceptors (Lipinski definition) is 7. The molecular weight excluding hydrogens is 458 g/mol. The summed E-state index contributed by atoms with van der Waals surface area (Å²) in [7, 11) is 0. The van der Waals surface area contributed by atoms with Gasteiger partial charge >= 0.3 is 6.09 Å². The van der Waals surface area contributed by atoms with Gasteiger partial charge in [-0.25, -0.2) is 14.9 Å². The number of guanidine groups is 1. The summed E-state index contributed by atoms with van der Waals surface area (Å²) in [4.78, 5) is 36.2. The number of nitrogens with one attached hydrogen (secondary N) is 5. The zero-order chi connectivity index (χ0) is 26.0. The van der Waals surface area contributed by atoms with Gasteiger partial charge in [0.25, 0.3) is 5.96 Å². The summed E-state index contributed by atoms with van der Waals surface area (Å²) in [5.41, 5.74) is 2.70. The zero-order valence-corrected chi connectivity index (χ0v) is 20.0. The third-order valence-corrected chi connectivity index (χ3v) is 6.59. The topological polar surface area (TPSA) is 193 Å². The van der Waals surface area contributed by atoms with E-state index in [9.17, 15) is 24.8 Å². The van der Waals surface area contributed by atoms with E-state index in [4.69, 9.17) is 10.5 Å². The van der Waals surface area contributed by atoms with Crippen LogP contribution in [0.3, 0.4) is 0 Å². The van der Waals surface area contributed by atoms with E-state index in [0.29, 0.717) is 25.4 Å². The first-order valence-corrected chi connectivity index (χ1v) is 11.5. The molecule has 0 saturated carbocycles. The van der Waals surface area contributed by atoms with Crippen molar-refractivity contribution in [3.05, 3.63) is 39.9 Å². The summed E-state index contributed by atoms with van der Waals surface area (Å²) in [5.74, 6) is -0.349. The van der Waals surface area contributed by atoms with E-state index in [2.05, 4.69) is 34.7 Å². The van der Waals surface area contributed by atoms with Crippen molar-refractivity contribution >= 4 is 18.0 Å². The number of hydrazine groups is 1. The number of carbonyl (C=O) groups excluding carboxylic acids is 1. The van der Waals surface area contributed by atoms with E-state index in [1.165, 1.54) is 0 Å². The quantitative estimate of drug-likeness (QED) is 0.0768. The molecule has 1 aliphatic rings. The van der Waals surface area contributed by atoms with Crippen LogP contribution >= 0.6 is 0 Å². The van der Waals surface area contributed by atoms with Gasteiger partial charge in [-0.1, -0.05) is 31.4 Å². The Kier molecular flexibility index (Phi) is 10.1. The second kappa shape index (κ2) is 12.7. The Bertz CT molecular complexity index is 914. The van der Waals surface area contributed by atoms with Gasteiger partial charge in [-0.3, -0.25) is 10.2 Å². The van der Waals surface area contributed by atoms with Gasteiger partial charge in [-0.05, 0) is 54.8 Å². The number of rotatable bonds is 11. The molecule has 7 N–H and O–H groups in total. The van der Waals surface area contributed by atoms with Crippen LogP contribution in [-0.4, -0.2) is 76.9 Å². The van der Waals surface area contributed by atoms with E-state index >= 15 is 0 Å². The molecular formula is C22H35N7O6. The highest BCUT2D eigenvalue weighted by molar-refractivity contribution is 5.85. The van der Waals surface area contributed by atoms with Crippen LogP contribution < -0.4 is 21.4 Å². The lowest BCUT2D eigenvalue weighted by Gasteiger charge is -2.45. The van der Waals surface area contributed by atoms with Crippen LogP contribution in [0.2, 0.25) is 0 Å². The number of phenolic OH excluding ortho intramolecular Hbond substituents is 1. The van der Waals surface area contributed by atoms with Gasteiger partial charge in [0.05, 0.1) is 0 Å². The fourth-order valence-electron chi connectivity index (χ4n) is 4.34. The van der Waals surface area contributed by atoms with Crippen LogP contribution in [0.5, 0.6) is 5.75 Å². The van der Waals surface area contributed by atoms with E-state index in [-0.39, 0.29) is 24.1 Å². The number of amides is 2. The highest BCUT2D eigenvalue weighted by atomic mass is 16.7. The minimum atomic E-state index is -1.32. The molecule has 3 atom stereocenters. The van der Waals surface area contributed by atoms with E-state index < -0.39 is 29.0 Å². The van der Waals surface area contributed by atoms with Crippen molar-refractivity contribution in [2.45, 2.75) is 44.6 Å². The molecule has 2 amide bonds. The number of likely N-dealkylation sites (tertiary alicyclic amines) is 1. The highest BCUT2D eigenvalue weighted by Gasteiger charge is 2.38. The largest absolute Gasteiger partial charge is 0.508 e. The summed E-state index contributed by atoms with van der Waals surface area (Å²) in [6.45, 7) is 7.19. The summed E-state index contributed by atoms with van der Waals surface area (Å²) >= 11 is 0. The number of benzene rings is 1. The van der Waals surface area contributed by atoms with Crippen LogP contribution in [0.15, 0.2) is 24.3 Å². The molecule has 0 aliphatic carbocycles. The summed E-state index contributed by atoms with van der Waals surface area (Å²) < 4.78 is 0. The molecule has 0 radical (unpaired) electrons. The number of hydrogen-bond donors (Lipinski definition) is 7. The van der Waals surface area contributed by atoms with Crippen molar-refractivity contribution in [1.29, 1.82) is 5.41 Å². The van der Waals surface area contributed by atoms with Crippen LogP contribution in [-0.2, 0) is 10.2 Å². The normalized spacial score (nSPS) is 20.9. The van der Waals surface area contributed by atoms with Crippen LogP contribution in [0.4, 0.5) is 4.79 Å². The number of nitro groups is 1. The number of piperidine rings is 1. The Morgan fingerprint density at radius 2 is 2.09 bits per heavy atom. The van der Waals surface area contributed by atoms with Gasteiger partial charge < -0.3 is 31.1 Å². The van der Waals surface area contributed by atoms with Crippen molar-refractivity contribution in [3.63, 3.8) is 0 Å². The molecule has 0 bridgehead atoms. The van der Waals surface area contributed by atoms with Crippen molar-refractivity contribution in [2.24, 2.45) is 5.92 Å². The molecule has 0 aromatic heterocycles. The molecule has 1 aliphatic heterocycles.